The number of rotatable bonds is 1. The number of pyridine rings is 1. The number of aromatic nitrogens is 1. The Morgan fingerprint density at radius 1 is 0.889 bits per heavy atom. The molecule has 1 aromatic heterocycles. The van der Waals surface area contributed by atoms with Gasteiger partial charge >= 0.3 is 0 Å². The Kier molecular flexibility index (Phi) is 3.12. The van der Waals surface area contributed by atoms with Crippen molar-refractivity contribution in [1.29, 1.82) is 0 Å². The Morgan fingerprint density at radius 2 is 1.44 bits per heavy atom. The van der Waals surface area contributed by atoms with E-state index in [0.717, 1.165) is 5.69 Å². The summed E-state index contributed by atoms with van der Waals surface area (Å²) in [5.41, 5.74) is 14.5. The summed E-state index contributed by atoms with van der Waals surface area (Å²) in [4.78, 5) is 4.37. The van der Waals surface area contributed by atoms with Gasteiger partial charge in [-0.15, -0.1) is 0 Å². The Hall–Kier alpha value is -1.83. The maximum absolute atomic E-state index is 5.73. The first kappa shape index (κ1) is 12.6. The summed E-state index contributed by atoms with van der Waals surface area (Å²) in [6, 6.07) is 6.19. The molecule has 0 aliphatic rings. The van der Waals surface area contributed by atoms with Gasteiger partial charge in [-0.25, -0.2) is 4.98 Å². The SMILES string of the molecule is Cc1cc(C)c(C)c(-c2ccc(N)nc2C)c1C. The van der Waals surface area contributed by atoms with Crippen molar-refractivity contribution in [3.8, 4) is 11.1 Å². The van der Waals surface area contributed by atoms with Crippen molar-refractivity contribution < 1.29 is 0 Å². The van der Waals surface area contributed by atoms with E-state index in [1.165, 1.54) is 33.4 Å². The summed E-state index contributed by atoms with van der Waals surface area (Å²) in [6.45, 7) is 10.7. The fraction of sp³-hybridized carbons (Fsp3) is 0.312. The summed E-state index contributed by atoms with van der Waals surface area (Å²) in [5, 5.41) is 0. The van der Waals surface area contributed by atoms with Crippen molar-refractivity contribution >= 4 is 5.82 Å². The lowest BCUT2D eigenvalue weighted by atomic mass is 9.89. The normalized spacial score (nSPS) is 10.7. The van der Waals surface area contributed by atoms with Crippen molar-refractivity contribution in [3.63, 3.8) is 0 Å². The van der Waals surface area contributed by atoms with Crippen LogP contribution in [0.15, 0.2) is 18.2 Å². The van der Waals surface area contributed by atoms with E-state index in [1.54, 1.807) is 0 Å². The maximum atomic E-state index is 5.73. The first-order valence-corrected chi connectivity index (χ1v) is 6.22. The lowest BCUT2D eigenvalue weighted by Gasteiger charge is -2.17. The van der Waals surface area contributed by atoms with Gasteiger partial charge in [0.25, 0.3) is 0 Å². The van der Waals surface area contributed by atoms with Crippen molar-refractivity contribution in [1.82, 2.24) is 4.98 Å². The van der Waals surface area contributed by atoms with Crippen LogP contribution in [0.4, 0.5) is 5.82 Å². The number of nitrogens with zero attached hydrogens (tertiary/aromatic N) is 1. The molecule has 2 N–H and O–H groups in total. The van der Waals surface area contributed by atoms with E-state index in [4.69, 9.17) is 5.73 Å². The number of aryl methyl sites for hydroxylation is 3. The van der Waals surface area contributed by atoms with E-state index >= 15 is 0 Å². The highest BCUT2D eigenvalue weighted by molar-refractivity contribution is 5.75. The quantitative estimate of drug-likeness (QED) is 0.821. The zero-order chi connectivity index (χ0) is 13.4. The molecule has 18 heavy (non-hydrogen) atoms. The maximum Gasteiger partial charge on any atom is 0.123 e. The highest BCUT2D eigenvalue weighted by Crippen LogP contribution is 2.33. The van der Waals surface area contributed by atoms with Gasteiger partial charge in [0.1, 0.15) is 5.82 Å². The number of hydrogen-bond acceptors (Lipinski definition) is 2. The van der Waals surface area contributed by atoms with E-state index in [9.17, 15) is 0 Å². The van der Waals surface area contributed by atoms with Crippen molar-refractivity contribution in [2.24, 2.45) is 0 Å². The molecule has 0 saturated heterocycles. The molecule has 0 saturated carbocycles. The van der Waals surface area contributed by atoms with Crippen LogP contribution >= 0.6 is 0 Å². The minimum atomic E-state index is 0.580. The number of nitrogen functional groups attached to an aromatic ring is 1. The fourth-order valence-electron chi connectivity index (χ4n) is 2.47. The topological polar surface area (TPSA) is 38.9 Å². The second kappa shape index (κ2) is 4.45. The molecule has 2 rings (SSSR count). The predicted octanol–water partition coefficient (Wildman–Crippen LogP) is 3.87. The third-order valence-corrected chi connectivity index (χ3v) is 3.74. The van der Waals surface area contributed by atoms with Crippen molar-refractivity contribution in [3.05, 3.63) is 46.1 Å². The number of benzene rings is 1. The summed E-state index contributed by atoms with van der Waals surface area (Å²) >= 11 is 0. The molecule has 0 aliphatic heterocycles. The zero-order valence-electron chi connectivity index (χ0n) is 11.8. The molecular weight excluding hydrogens is 220 g/mol. The van der Waals surface area contributed by atoms with Gasteiger partial charge in [-0.05, 0) is 74.6 Å². The zero-order valence-corrected chi connectivity index (χ0v) is 11.8. The van der Waals surface area contributed by atoms with Crippen LogP contribution in [0.5, 0.6) is 0 Å². The molecular formula is C16H20N2. The number of nitrogens with two attached hydrogens (primary N) is 1. The molecule has 0 radical (unpaired) electrons. The van der Waals surface area contributed by atoms with Crippen LogP contribution in [0.3, 0.4) is 0 Å². The molecule has 2 nitrogen and oxygen atoms in total. The standard InChI is InChI=1S/C16H20N2/c1-9-8-10(2)12(4)16(11(9)3)14-6-7-15(17)18-13(14)5/h6-8H,1-5H3,(H2,17,18). The van der Waals surface area contributed by atoms with Gasteiger partial charge in [-0.2, -0.15) is 0 Å². The average molecular weight is 240 g/mol. The first-order chi connectivity index (χ1) is 8.41. The molecule has 0 aliphatic carbocycles. The van der Waals surface area contributed by atoms with Crippen molar-refractivity contribution in [2.75, 3.05) is 5.73 Å². The summed E-state index contributed by atoms with van der Waals surface area (Å²) < 4.78 is 0. The fourth-order valence-corrected chi connectivity index (χ4v) is 2.47. The van der Waals surface area contributed by atoms with Crippen molar-refractivity contribution in [2.45, 2.75) is 34.6 Å². The molecule has 0 bridgehead atoms. The second-order valence-corrected chi connectivity index (χ2v) is 5.00. The van der Waals surface area contributed by atoms with E-state index in [0.29, 0.717) is 5.82 Å². The molecule has 94 valence electrons. The highest BCUT2D eigenvalue weighted by atomic mass is 14.8. The second-order valence-electron chi connectivity index (χ2n) is 5.00. The molecule has 0 fully saturated rings. The predicted molar refractivity (Wildman–Crippen MR) is 77.8 cm³/mol. The smallest absolute Gasteiger partial charge is 0.123 e. The van der Waals surface area contributed by atoms with Crippen LogP contribution in [0.25, 0.3) is 11.1 Å². The number of anilines is 1. The van der Waals surface area contributed by atoms with Crippen LogP contribution in [-0.2, 0) is 0 Å². The molecule has 0 atom stereocenters. The lowest BCUT2D eigenvalue weighted by molar-refractivity contribution is 1.19. The molecule has 0 spiro atoms. The van der Waals surface area contributed by atoms with Gasteiger partial charge in [0.05, 0.1) is 0 Å². The largest absolute Gasteiger partial charge is 0.384 e. The van der Waals surface area contributed by atoms with E-state index in [2.05, 4.69) is 44.8 Å². The van der Waals surface area contributed by atoms with Crippen LogP contribution in [0, 0.1) is 34.6 Å². The Morgan fingerprint density at radius 3 is 1.94 bits per heavy atom. The van der Waals surface area contributed by atoms with Gasteiger partial charge < -0.3 is 5.73 Å². The van der Waals surface area contributed by atoms with Crippen LogP contribution in [-0.4, -0.2) is 4.98 Å². The third kappa shape index (κ3) is 1.99. The van der Waals surface area contributed by atoms with Gasteiger partial charge in [-0.3, -0.25) is 0 Å². The van der Waals surface area contributed by atoms with Gasteiger partial charge in [0.15, 0.2) is 0 Å². The highest BCUT2D eigenvalue weighted by Gasteiger charge is 2.13. The van der Waals surface area contributed by atoms with Gasteiger partial charge in [0, 0.05) is 11.3 Å². The minimum Gasteiger partial charge on any atom is -0.384 e. The van der Waals surface area contributed by atoms with E-state index in [-0.39, 0.29) is 0 Å². The van der Waals surface area contributed by atoms with Crippen LogP contribution < -0.4 is 5.73 Å². The summed E-state index contributed by atoms with van der Waals surface area (Å²) in [7, 11) is 0. The Labute approximate surface area is 109 Å². The Balaban J connectivity index is 2.78. The first-order valence-electron chi connectivity index (χ1n) is 6.22. The van der Waals surface area contributed by atoms with E-state index < -0.39 is 0 Å². The summed E-state index contributed by atoms with van der Waals surface area (Å²) in [5.74, 6) is 0.580. The van der Waals surface area contributed by atoms with Gasteiger partial charge in [-0.1, -0.05) is 6.07 Å². The van der Waals surface area contributed by atoms with Crippen LogP contribution in [0.2, 0.25) is 0 Å². The molecule has 0 amide bonds. The van der Waals surface area contributed by atoms with Crippen LogP contribution in [0.1, 0.15) is 27.9 Å². The molecule has 1 aromatic carbocycles. The average Bonchev–Trinajstić information content (AvgIpc) is 2.29. The molecule has 2 heteroatoms. The monoisotopic (exact) mass is 240 g/mol. The summed E-state index contributed by atoms with van der Waals surface area (Å²) in [6.07, 6.45) is 0. The Bertz CT molecular complexity index is 587. The van der Waals surface area contributed by atoms with Gasteiger partial charge in [0.2, 0.25) is 0 Å². The number of hydrogen-bond donors (Lipinski definition) is 1. The lowest BCUT2D eigenvalue weighted by Crippen LogP contribution is -1.99. The molecule has 1 heterocycles. The third-order valence-electron chi connectivity index (χ3n) is 3.74. The molecule has 0 unspecified atom stereocenters. The minimum absolute atomic E-state index is 0.580. The molecule has 2 aromatic rings. The van der Waals surface area contributed by atoms with E-state index in [1.807, 2.05) is 13.0 Å².